The number of ether oxygens (including phenoxy) is 1. The van der Waals surface area contributed by atoms with E-state index >= 15 is 0 Å². The lowest BCUT2D eigenvalue weighted by molar-refractivity contribution is -0.137. The normalized spacial score (nSPS) is 11.3. The van der Waals surface area contributed by atoms with Crippen molar-refractivity contribution < 1.29 is 28.6 Å². The number of carbonyl (C=O) groups is 3. The van der Waals surface area contributed by atoms with Gasteiger partial charge < -0.3 is 20.5 Å². The number of hydrogen-bond donors (Lipinski definition) is 3. The van der Waals surface area contributed by atoms with Gasteiger partial charge in [-0.15, -0.1) is 0 Å². The monoisotopic (exact) mass is 298 g/mol. The van der Waals surface area contributed by atoms with Crippen LogP contribution < -0.4 is 15.4 Å². The number of benzene rings is 1. The smallest absolute Gasteiger partial charge is 0.322 e. The molecule has 1 aromatic rings. The molecule has 1 aromatic carbocycles. The third-order valence-electron chi connectivity index (χ3n) is 2.34. The molecule has 2 amide bonds. The molecular weight excluding hydrogens is 283 g/mol. The molecule has 21 heavy (non-hydrogen) atoms. The van der Waals surface area contributed by atoms with Crippen molar-refractivity contribution in [1.29, 1.82) is 0 Å². The summed E-state index contributed by atoms with van der Waals surface area (Å²) >= 11 is 0. The summed E-state index contributed by atoms with van der Waals surface area (Å²) in [7, 11) is 0. The highest BCUT2D eigenvalue weighted by Gasteiger charge is 2.15. The third-order valence-corrected chi connectivity index (χ3v) is 2.34. The number of carboxylic acids is 1. The number of aliphatic carboxylic acids is 1. The average molecular weight is 298 g/mol. The van der Waals surface area contributed by atoms with E-state index < -0.39 is 36.2 Å². The highest BCUT2D eigenvalue weighted by Crippen LogP contribution is 2.13. The second-order valence-corrected chi connectivity index (χ2v) is 4.11. The van der Waals surface area contributed by atoms with Crippen LogP contribution in [0.25, 0.3) is 0 Å². The second-order valence-electron chi connectivity index (χ2n) is 4.11. The minimum Gasteiger partial charge on any atom is -0.481 e. The first-order valence-electron chi connectivity index (χ1n) is 6.07. The zero-order valence-corrected chi connectivity index (χ0v) is 11.3. The van der Waals surface area contributed by atoms with E-state index in [-0.39, 0.29) is 12.3 Å². The molecule has 1 rings (SSSR count). The van der Waals surface area contributed by atoms with Crippen molar-refractivity contribution in [1.82, 2.24) is 10.6 Å². The summed E-state index contributed by atoms with van der Waals surface area (Å²) in [4.78, 5) is 33.1. The number of amides is 2. The number of carbonyl (C=O) groups excluding carboxylic acids is 2. The standard InChI is InChI=1S/C13H15FN2O5/c1-8(21-10-4-2-3-9(14)5-10)13(20)16-6-11(17)15-7-12(18)19/h2-5,8H,6-7H2,1H3,(H,15,17)(H,16,20)(H,18,19). The highest BCUT2D eigenvalue weighted by atomic mass is 19.1. The lowest BCUT2D eigenvalue weighted by Crippen LogP contribution is -2.43. The number of rotatable bonds is 7. The Morgan fingerprint density at radius 2 is 2.00 bits per heavy atom. The van der Waals surface area contributed by atoms with Crippen LogP contribution in [0.3, 0.4) is 0 Å². The lowest BCUT2D eigenvalue weighted by Gasteiger charge is -2.14. The Labute approximate surface area is 120 Å². The minimum absolute atomic E-state index is 0.188. The van der Waals surface area contributed by atoms with Gasteiger partial charge in [0.15, 0.2) is 6.10 Å². The number of hydrogen-bond acceptors (Lipinski definition) is 4. The van der Waals surface area contributed by atoms with E-state index in [4.69, 9.17) is 9.84 Å². The van der Waals surface area contributed by atoms with Gasteiger partial charge in [-0.05, 0) is 19.1 Å². The number of nitrogens with one attached hydrogen (secondary N) is 2. The molecule has 3 N–H and O–H groups in total. The van der Waals surface area contributed by atoms with Crippen LogP contribution in [0.15, 0.2) is 24.3 Å². The molecule has 0 radical (unpaired) electrons. The molecule has 0 aromatic heterocycles. The maximum Gasteiger partial charge on any atom is 0.322 e. The number of halogens is 1. The Morgan fingerprint density at radius 1 is 1.29 bits per heavy atom. The maximum absolute atomic E-state index is 12.9. The molecule has 0 aliphatic carbocycles. The van der Waals surface area contributed by atoms with Crippen molar-refractivity contribution >= 4 is 17.8 Å². The zero-order valence-electron chi connectivity index (χ0n) is 11.3. The Hall–Kier alpha value is -2.64. The van der Waals surface area contributed by atoms with Gasteiger partial charge in [0, 0.05) is 6.07 Å². The Balaban J connectivity index is 2.37. The first-order chi connectivity index (χ1) is 9.88. The summed E-state index contributed by atoms with van der Waals surface area (Å²) in [5.74, 6) is -2.70. The minimum atomic E-state index is -1.18. The van der Waals surface area contributed by atoms with Gasteiger partial charge in [-0.1, -0.05) is 6.07 Å². The zero-order chi connectivity index (χ0) is 15.8. The van der Waals surface area contributed by atoms with E-state index in [1.54, 1.807) is 0 Å². The van der Waals surface area contributed by atoms with E-state index in [1.807, 2.05) is 0 Å². The SMILES string of the molecule is CC(Oc1cccc(F)c1)C(=O)NCC(=O)NCC(=O)O. The molecule has 1 atom stereocenters. The van der Waals surface area contributed by atoms with Crippen LogP contribution >= 0.6 is 0 Å². The van der Waals surface area contributed by atoms with E-state index in [0.717, 1.165) is 6.07 Å². The molecule has 7 nitrogen and oxygen atoms in total. The van der Waals surface area contributed by atoms with Crippen LogP contribution in [0.5, 0.6) is 5.75 Å². The van der Waals surface area contributed by atoms with Crippen molar-refractivity contribution in [3.8, 4) is 5.75 Å². The van der Waals surface area contributed by atoms with Gasteiger partial charge in [0.1, 0.15) is 18.1 Å². The fraction of sp³-hybridized carbons (Fsp3) is 0.308. The first-order valence-corrected chi connectivity index (χ1v) is 6.07. The Bertz CT molecular complexity index is 535. The van der Waals surface area contributed by atoms with Crippen LogP contribution in [-0.4, -0.2) is 42.1 Å². The molecule has 0 heterocycles. The van der Waals surface area contributed by atoms with Crippen molar-refractivity contribution in [2.75, 3.05) is 13.1 Å². The number of carboxylic acid groups (broad SMARTS) is 1. The summed E-state index contributed by atoms with van der Waals surface area (Å²) in [6.07, 6.45) is -0.931. The highest BCUT2D eigenvalue weighted by molar-refractivity contribution is 5.88. The average Bonchev–Trinajstić information content (AvgIpc) is 2.42. The molecule has 0 aliphatic heterocycles. The third kappa shape index (κ3) is 6.37. The molecule has 114 valence electrons. The van der Waals surface area contributed by atoms with Crippen LogP contribution in [0.1, 0.15) is 6.92 Å². The fourth-order valence-corrected chi connectivity index (χ4v) is 1.35. The molecule has 0 saturated carbocycles. The molecule has 8 heteroatoms. The van der Waals surface area contributed by atoms with E-state index in [1.165, 1.54) is 25.1 Å². The summed E-state index contributed by atoms with van der Waals surface area (Å²) in [5.41, 5.74) is 0. The summed E-state index contributed by atoms with van der Waals surface area (Å²) in [6, 6.07) is 5.30. The maximum atomic E-state index is 12.9. The van der Waals surface area contributed by atoms with Gasteiger partial charge in [-0.3, -0.25) is 14.4 Å². The quantitative estimate of drug-likeness (QED) is 0.652. The van der Waals surface area contributed by atoms with Crippen LogP contribution in [0, 0.1) is 5.82 Å². The van der Waals surface area contributed by atoms with Gasteiger partial charge >= 0.3 is 5.97 Å². The Kier molecular flexibility index (Phi) is 6.12. The second kappa shape index (κ2) is 7.83. The molecule has 0 spiro atoms. The largest absolute Gasteiger partial charge is 0.481 e. The molecule has 0 aliphatic rings. The van der Waals surface area contributed by atoms with Gasteiger partial charge in [0.05, 0.1) is 6.54 Å². The summed E-state index contributed by atoms with van der Waals surface area (Å²) < 4.78 is 18.2. The molecule has 0 saturated heterocycles. The first kappa shape index (κ1) is 16.4. The van der Waals surface area contributed by atoms with Crippen molar-refractivity contribution in [2.45, 2.75) is 13.0 Å². The van der Waals surface area contributed by atoms with Gasteiger partial charge in [0.2, 0.25) is 5.91 Å². The van der Waals surface area contributed by atoms with Crippen LogP contribution in [-0.2, 0) is 14.4 Å². The predicted octanol–water partition coefficient (Wildman–Crippen LogP) is -0.0900. The van der Waals surface area contributed by atoms with Crippen molar-refractivity contribution in [3.05, 3.63) is 30.1 Å². The molecule has 0 fully saturated rings. The van der Waals surface area contributed by atoms with Crippen LogP contribution in [0.2, 0.25) is 0 Å². The van der Waals surface area contributed by atoms with Crippen molar-refractivity contribution in [2.24, 2.45) is 0 Å². The lowest BCUT2D eigenvalue weighted by atomic mass is 10.3. The van der Waals surface area contributed by atoms with Gasteiger partial charge in [0.25, 0.3) is 5.91 Å². The summed E-state index contributed by atoms with van der Waals surface area (Å²) in [6.45, 7) is 0.544. The molecular formula is C13H15FN2O5. The van der Waals surface area contributed by atoms with Crippen LogP contribution in [0.4, 0.5) is 4.39 Å². The van der Waals surface area contributed by atoms with Gasteiger partial charge in [-0.25, -0.2) is 4.39 Å². The van der Waals surface area contributed by atoms with E-state index in [9.17, 15) is 18.8 Å². The Morgan fingerprint density at radius 3 is 2.62 bits per heavy atom. The van der Waals surface area contributed by atoms with E-state index in [2.05, 4.69) is 10.6 Å². The summed E-state index contributed by atoms with van der Waals surface area (Å²) in [5, 5.41) is 12.7. The predicted molar refractivity (Wildman–Crippen MR) is 70.1 cm³/mol. The topological polar surface area (TPSA) is 105 Å². The fourth-order valence-electron chi connectivity index (χ4n) is 1.35. The van der Waals surface area contributed by atoms with E-state index in [0.29, 0.717) is 0 Å². The molecule has 0 bridgehead atoms. The molecule has 1 unspecified atom stereocenters. The van der Waals surface area contributed by atoms with Gasteiger partial charge in [-0.2, -0.15) is 0 Å². The van der Waals surface area contributed by atoms with Crippen molar-refractivity contribution in [3.63, 3.8) is 0 Å².